The topological polar surface area (TPSA) is 58.4 Å². The SMILES string of the molecule is O=c1cc(NCCCNc2ccccc2)nc2ccccn12. The van der Waals surface area contributed by atoms with Gasteiger partial charge in [0.25, 0.3) is 5.56 Å². The molecule has 0 saturated heterocycles. The predicted octanol–water partition coefficient (Wildman–Crippen LogP) is 2.61. The second-order valence-corrected chi connectivity index (χ2v) is 4.98. The van der Waals surface area contributed by atoms with Crippen LogP contribution in [0.2, 0.25) is 0 Å². The van der Waals surface area contributed by atoms with Crippen LogP contribution in [0, 0.1) is 0 Å². The van der Waals surface area contributed by atoms with Gasteiger partial charge in [-0.2, -0.15) is 0 Å². The number of nitrogens with one attached hydrogen (secondary N) is 2. The third-order valence-corrected chi connectivity index (χ3v) is 3.33. The Morgan fingerprint density at radius 2 is 1.73 bits per heavy atom. The highest BCUT2D eigenvalue weighted by atomic mass is 16.1. The van der Waals surface area contributed by atoms with E-state index in [2.05, 4.69) is 15.6 Å². The molecule has 2 N–H and O–H groups in total. The monoisotopic (exact) mass is 294 g/mol. The molecule has 112 valence electrons. The molecular formula is C17H18N4O. The second kappa shape index (κ2) is 6.76. The van der Waals surface area contributed by atoms with Crippen molar-refractivity contribution in [2.75, 3.05) is 23.7 Å². The van der Waals surface area contributed by atoms with E-state index in [-0.39, 0.29) is 5.56 Å². The van der Waals surface area contributed by atoms with Gasteiger partial charge >= 0.3 is 0 Å². The van der Waals surface area contributed by atoms with Crippen molar-refractivity contribution in [1.82, 2.24) is 9.38 Å². The van der Waals surface area contributed by atoms with E-state index >= 15 is 0 Å². The molecule has 5 heteroatoms. The van der Waals surface area contributed by atoms with Gasteiger partial charge in [-0.05, 0) is 30.7 Å². The standard InChI is InChI=1S/C17H18N4O/c22-17-13-15(20-16-9-4-5-12-21(16)17)19-11-6-10-18-14-7-2-1-3-8-14/h1-5,7-9,12-13,18-19H,6,10-11H2. The maximum atomic E-state index is 11.9. The summed E-state index contributed by atoms with van der Waals surface area (Å²) in [5, 5.41) is 6.55. The quantitative estimate of drug-likeness (QED) is 0.686. The van der Waals surface area contributed by atoms with E-state index in [1.807, 2.05) is 48.5 Å². The van der Waals surface area contributed by atoms with Crippen LogP contribution in [0.15, 0.2) is 65.6 Å². The fourth-order valence-corrected chi connectivity index (χ4v) is 2.24. The van der Waals surface area contributed by atoms with Gasteiger partial charge in [-0.1, -0.05) is 24.3 Å². The highest BCUT2D eigenvalue weighted by Gasteiger charge is 2.00. The molecule has 0 bridgehead atoms. The number of benzene rings is 1. The minimum atomic E-state index is -0.0736. The molecule has 0 saturated carbocycles. The average Bonchev–Trinajstić information content (AvgIpc) is 2.56. The Labute approximate surface area is 128 Å². The molecule has 0 radical (unpaired) electrons. The first-order chi connectivity index (χ1) is 10.8. The summed E-state index contributed by atoms with van der Waals surface area (Å²) in [5.41, 5.74) is 1.69. The molecule has 0 spiro atoms. The molecule has 0 amide bonds. The van der Waals surface area contributed by atoms with Crippen LogP contribution in [0.1, 0.15) is 6.42 Å². The van der Waals surface area contributed by atoms with Crippen LogP contribution >= 0.6 is 0 Å². The van der Waals surface area contributed by atoms with Crippen molar-refractivity contribution in [3.05, 3.63) is 71.1 Å². The van der Waals surface area contributed by atoms with Gasteiger partial charge in [-0.3, -0.25) is 9.20 Å². The van der Waals surface area contributed by atoms with Crippen LogP contribution in [0.3, 0.4) is 0 Å². The molecule has 3 aromatic rings. The lowest BCUT2D eigenvalue weighted by molar-refractivity contribution is 0.901. The zero-order valence-electron chi connectivity index (χ0n) is 12.2. The molecule has 2 aromatic heterocycles. The summed E-state index contributed by atoms with van der Waals surface area (Å²) in [6.07, 6.45) is 2.66. The number of rotatable bonds is 6. The highest BCUT2D eigenvalue weighted by molar-refractivity contribution is 5.46. The fourth-order valence-electron chi connectivity index (χ4n) is 2.24. The van der Waals surface area contributed by atoms with Gasteiger partial charge in [0.1, 0.15) is 11.5 Å². The smallest absolute Gasteiger partial charge is 0.259 e. The van der Waals surface area contributed by atoms with Crippen molar-refractivity contribution in [1.29, 1.82) is 0 Å². The normalized spacial score (nSPS) is 10.5. The first kappa shape index (κ1) is 14.1. The molecular weight excluding hydrogens is 276 g/mol. The number of pyridine rings is 1. The Balaban J connectivity index is 1.53. The molecule has 0 aliphatic carbocycles. The molecule has 22 heavy (non-hydrogen) atoms. The van der Waals surface area contributed by atoms with E-state index < -0.39 is 0 Å². The lowest BCUT2D eigenvalue weighted by Crippen LogP contribution is -2.16. The summed E-state index contributed by atoms with van der Waals surface area (Å²) in [4.78, 5) is 16.4. The number of para-hydroxylation sites is 1. The van der Waals surface area contributed by atoms with E-state index in [0.29, 0.717) is 11.5 Å². The summed E-state index contributed by atoms with van der Waals surface area (Å²) in [7, 11) is 0. The second-order valence-electron chi connectivity index (χ2n) is 4.98. The van der Waals surface area contributed by atoms with Crippen molar-refractivity contribution >= 4 is 17.2 Å². The summed E-state index contributed by atoms with van der Waals surface area (Å²) in [6.45, 7) is 1.62. The summed E-state index contributed by atoms with van der Waals surface area (Å²) >= 11 is 0. The Morgan fingerprint density at radius 1 is 0.955 bits per heavy atom. The van der Waals surface area contributed by atoms with E-state index in [1.165, 1.54) is 10.5 Å². The molecule has 0 atom stereocenters. The van der Waals surface area contributed by atoms with Crippen LogP contribution in [-0.2, 0) is 0 Å². The Hall–Kier alpha value is -2.82. The Kier molecular flexibility index (Phi) is 4.34. The summed E-state index contributed by atoms with van der Waals surface area (Å²) in [6, 6.07) is 17.1. The van der Waals surface area contributed by atoms with Crippen LogP contribution in [-0.4, -0.2) is 22.5 Å². The van der Waals surface area contributed by atoms with Crippen molar-refractivity contribution in [2.45, 2.75) is 6.42 Å². The number of anilines is 2. The van der Waals surface area contributed by atoms with Crippen molar-refractivity contribution in [3.8, 4) is 0 Å². The average molecular weight is 294 g/mol. The molecule has 0 fully saturated rings. The number of fused-ring (bicyclic) bond motifs is 1. The fraction of sp³-hybridized carbons (Fsp3) is 0.176. The van der Waals surface area contributed by atoms with E-state index in [0.717, 1.165) is 25.2 Å². The predicted molar refractivity (Wildman–Crippen MR) is 89.5 cm³/mol. The van der Waals surface area contributed by atoms with Crippen LogP contribution < -0.4 is 16.2 Å². The van der Waals surface area contributed by atoms with Gasteiger partial charge in [0.15, 0.2) is 0 Å². The third-order valence-electron chi connectivity index (χ3n) is 3.33. The van der Waals surface area contributed by atoms with Crippen LogP contribution in [0.4, 0.5) is 11.5 Å². The van der Waals surface area contributed by atoms with Crippen molar-refractivity contribution < 1.29 is 0 Å². The molecule has 0 unspecified atom stereocenters. The first-order valence-electron chi connectivity index (χ1n) is 7.34. The zero-order chi connectivity index (χ0) is 15.2. The van der Waals surface area contributed by atoms with Gasteiger partial charge in [0, 0.05) is 31.0 Å². The molecule has 0 aliphatic heterocycles. The lowest BCUT2D eigenvalue weighted by Gasteiger charge is -2.08. The Bertz CT molecular complexity index is 798. The first-order valence-corrected chi connectivity index (χ1v) is 7.34. The maximum Gasteiger partial charge on any atom is 0.259 e. The van der Waals surface area contributed by atoms with Crippen molar-refractivity contribution in [2.24, 2.45) is 0 Å². The molecule has 1 aromatic carbocycles. The van der Waals surface area contributed by atoms with Gasteiger partial charge in [0.2, 0.25) is 0 Å². The molecule has 2 heterocycles. The minimum Gasteiger partial charge on any atom is -0.385 e. The largest absolute Gasteiger partial charge is 0.385 e. The number of aromatic nitrogens is 2. The lowest BCUT2D eigenvalue weighted by atomic mass is 10.3. The van der Waals surface area contributed by atoms with E-state index in [9.17, 15) is 4.79 Å². The summed E-state index contributed by atoms with van der Waals surface area (Å²) in [5.74, 6) is 0.621. The minimum absolute atomic E-state index is 0.0736. The van der Waals surface area contributed by atoms with Crippen LogP contribution in [0.5, 0.6) is 0 Å². The van der Waals surface area contributed by atoms with Gasteiger partial charge in [-0.25, -0.2) is 4.98 Å². The Morgan fingerprint density at radius 3 is 2.59 bits per heavy atom. The zero-order valence-corrected chi connectivity index (χ0v) is 12.2. The number of hydrogen-bond acceptors (Lipinski definition) is 4. The van der Waals surface area contributed by atoms with E-state index in [1.54, 1.807) is 6.20 Å². The number of nitrogens with zero attached hydrogens (tertiary/aromatic N) is 2. The van der Waals surface area contributed by atoms with Gasteiger partial charge < -0.3 is 10.6 Å². The summed E-state index contributed by atoms with van der Waals surface area (Å²) < 4.78 is 1.53. The third kappa shape index (κ3) is 3.44. The molecule has 0 aliphatic rings. The van der Waals surface area contributed by atoms with E-state index in [4.69, 9.17) is 0 Å². The maximum absolute atomic E-state index is 11.9. The van der Waals surface area contributed by atoms with Crippen molar-refractivity contribution in [3.63, 3.8) is 0 Å². The molecule has 5 nitrogen and oxygen atoms in total. The number of hydrogen-bond donors (Lipinski definition) is 2. The highest BCUT2D eigenvalue weighted by Crippen LogP contribution is 2.05. The van der Waals surface area contributed by atoms with Crippen LogP contribution in [0.25, 0.3) is 5.65 Å². The van der Waals surface area contributed by atoms with Gasteiger partial charge in [-0.15, -0.1) is 0 Å². The van der Waals surface area contributed by atoms with Gasteiger partial charge in [0.05, 0.1) is 0 Å². The molecule has 3 rings (SSSR count).